The molecule has 3 aromatic rings. The van der Waals surface area contributed by atoms with Crippen molar-refractivity contribution in [3.8, 4) is 0 Å². The Labute approximate surface area is 192 Å². The number of para-hydroxylation sites is 1. The summed E-state index contributed by atoms with van der Waals surface area (Å²) in [5.41, 5.74) is 0.410. The first-order valence-corrected chi connectivity index (χ1v) is 10.3. The molecule has 1 heterocycles. The molecule has 0 radical (unpaired) electrons. The highest BCUT2D eigenvalue weighted by Crippen LogP contribution is 2.37. The molecule has 32 heavy (non-hydrogen) atoms. The number of hydrogen-bond donors (Lipinski definition) is 1. The van der Waals surface area contributed by atoms with Crippen LogP contribution in [0.5, 0.6) is 0 Å². The van der Waals surface area contributed by atoms with Crippen LogP contribution in [0.1, 0.15) is 23.6 Å². The van der Waals surface area contributed by atoms with Gasteiger partial charge in [0.1, 0.15) is 5.71 Å². The van der Waals surface area contributed by atoms with Crippen LogP contribution in [0.25, 0.3) is 0 Å². The molecule has 0 aromatic heterocycles. The van der Waals surface area contributed by atoms with Gasteiger partial charge in [-0.05, 0) is 54.1 Å². The molecular weight excluding hydrogens is 462 g/mol. The lowest BCUT2D eigenvalue weighted by atomic mass is 10.0. The number of rotatable bonds is 4. The summed E-state index contributed by atoms with van der Waals surface area (Å²) in [6, 6.07) is 18.5. The van der Waals surface area contributed by atoms with E-state index < -0.39 is 17.6 Å². The largest absolute Gasteiger partial charge is 0.418 e. The maximum Gasteiger partial charge on any atom is 0.418 e. The molecule has 4 rings (SSSR count). The van der Waals surface area contributed by atoms with Gasteiger partial charge in [-0.15, -0.1) is 0 Å². The third-order valence-electron chi connectivity index (χ3n) is 5.00. The van der Waals surface area contributed by atoms with Gasteiger partial charge in [0.05, 0.1) is 23.0 Å². The van der Waals surface area contributed by atoms with E-state index in [1.165, 1.54) is 18.2 Å². The van der Waals surface area contributed by atoms with Gasteiger partial charge in [-0.2, -0.15) is 18.3 Å². The standard InChI is InChI=1S/C23H16Cl2F3N3O/c24-15-7-5-14(6-8-15)21-13-20(30-31(21)17-11-9-16(25)10-12-17)22(32)29-19-4-2-1-3-18(19)23(26,27)28/h1-12,21H,13H2,(H,29,32). The lowest BCUT2D eigenvalue weighted by Crippen LogP contribution is -2.23. The summed E-state index contributed by atoms with van der Waals surface area (Å²) < 4.78 is 39.9. The first-order valence-electron chi connectivity index (χ1n) is 9.58. The van der Waals surface area contributed by atoms with E-state index >= 15 is 0 Å². The normalized spacial score (nSPS) is 16.1. The molecule has 3 aromatic carbocycles. The number of hydrogen-bond acceptors (Lipinski definition) is 3. The minimum absolute atomic E-state index is 0.108. The lowest BCUT2D eigenvalue weighted by Gasteiger charge is -2.24. The van der Waals surface area contributed by atoms with Crippen molar-refractivity contribution in [1.82, 2.24) is 0 Å². The fourth-order valence-electron chi connectivity index (χ4n) is 3.46. The summed E-state index contributed by atoms with van der Waals surface area (Å²) in [5.74, 6) is -0.697. The van der Waals surface area contributed by atoms with Crippen LogP contribution in [-0.2, 0) is 11.0 Å². The first kappa shape index (κ1) is 22.2. The van der Waals surface area contributed by atoms with E-state index in [9.17, 15) is 18.0 Å². The van der Waals surface area contributed by atoms with Gasteiger partial charge >= 0.3 is 6.18 Å². The highest BCUT2D eigenvalue weighted by Gasteiger charge is 2.36. The van der Waals surface area contributed by atoms with Crippen molar-refractivity contribution < 1.29 is 18.0 Å². The predicted octanol–water partition coefficient (Wildman–Crippen LogP) is 6.96. The van der Waals surface area contributed by atoms with Crippen molar-refractivity contribution in [2.75, 3.05) is 10.3 Å². The SMILES string of the molecule is O=C(Nc1ccccc1C(F)(F)F)C1=NN(c2ccc(Cl)cc2)C(c2ccc(Cl)cc2)C1. The lowest BCUT2D eigenvalue weighted by molar-refractivity contribution is -0.136. The average Bonchev–Trinajstić information content (AvgIpc) is 3.20. The third-order valence-corrected chi connectivity index (χ3v) is 5.50. The molecule has 0 saturated carbocycles. The predicted molar refractivity (Wildman–Crippen MR) is 120 cm³/mol. The van der Waals surface area contributed by atoms with Gasteiger partial charge < -0.3 is 5.32 Å². The van der Waals surface area contributed by atoms with Gasteiger partial charge in [-0.1, -0.05) is 47.5 Å². The van der Waals surface area contributed by atoms with Crippen LogP contribution in [0, 0.1) is 0 Å². The molecule has 0 fully saturated rings. The second-order valence-electron chi connectivity index (χ2n) is 7.14. The first-order chi connectivity index (χ1) is 15.2. The molecule has 164 valence electrons. The Morgan fingerprint density at radius 1 is 0.938 bits per heavy atom. The summed E-state index contributed by atoms with van der Waals surface area (Å²) >= 11 is 12.0. The average molecular weight is 478 g/mol. The van der Waals surface area contributed by atoms with Crippen LogP contribution in [-0.4, -0.2) is 11.6 Å². The molecule has 1 aliphatic rings. The smallest absolute Gasteiger partial charge is 0.320 e. The molecule has 1 N–H and O–H groups in total. The highest BCUT2D eigenvalue weighted by molar-refractivity contribution is 6.44. The van der Waals surface area contributed by atoms with E-state index in [0.29, 0.717) is 15.7 Å². The van der Waals surface area contributed by atoms with E-state index in [-0.39, 0.29) is 23.9 Å². The zero-order valence-corrected chi connectivity index (χ0v) is 17.9. The highest BCUT2D eigenvalue weighted by atomic mass is 35.5. The molecule has 0 saturated heterocycles. The van der Waals surface area contributed by atoms with Crippen LogP contribution >= 0.6 is 23.2 Å². The van der Waals surface area contributed by atoms with Gasteiger partial charge in [0.2, 0.25) is 0 Å². The second kappa shape index (κ2) is 8.84. The Bertz CT molecular complexity index is 1160. The van der Waals surface area contributed by atoms with E-state index in [1.54, 1.807) is 41.4 Å². The van der Waals surface area contributed by atoms with Crippen molar-refractivity contribution in [2.24, 2.45) is 5.10 Å². The minimum Gasteiger partial charge on any atom is -0.320 e. The number of nitrogens with one attached hydrogen (secondary N) is 1. The van der Waals surface area contributed by atoms with E-state index in [1.807, 2.05) is 12.1 Å². The topological polar surface area (TPSA) is 44.7 Å². The number of halogens is 5. The van der Waals surface area contributed by atoms with Crippen molar-refractivity contribution in [3.63, 3.8) is 0 Å². The fourth-order valence-corrected chi connectivity index (χ4v) is 3.71. The number of nitrogens with zero attached hydrogens (tertiary/aromatic N) is 2. The van der Waals surface area contributed by atoms with Crippen LogP contribution < -0.4 is 10.3 Å². The maximum absolute atomic E-state index is 13.3. The number of amides is 1. The number of alkyl halides is 3. The summed E-state index contributed by atoms with van der Waals surface area (Å²) in [6.07, 6.45) is -4.40. The molecule has 4 nitrogen and oxygen atoms in total. The molecule has 9 heteroatoms. The van der Waals surface area contributed by atoms with Gasteiger partial charge in [0.25, 0.3) is 5.91 Å². The Morgan fingerprint density at radius 3 is 2.16 bits per heavy atom. The van der Waals surface area contributed by atoms with E-state index in [2.05, 4.69) is 10.4 Å². The summed E-state index contributed by atoms with van der Waals surface area (Å²) in [5, 5.41) is 9.56. The van der Waals surface area contributed by atoms with E-state index in [4.69, 9.17) is 23.2 Å². The molecule has 0 aliphatic carbocycles. The van der Waals surface area contributed by atoms with Crippen molar-refractivity contribution in [2.45, 2.75) is 18.6 Å². The number of carbonyl (C=O) groups excluding carboxylic acids is 1. The van der Waals surface area contributed by atoms with Crippen molar-refractivity contribution in [1.29, 1.82) is 0 Å². The quantitative estimate of drug-likeness (QED) is 0.441. The van der Waals surface area contributed by atoms with Crippen LogP contribution in [0.15, 0.2) is 77.9 Å². The summed E-state index contributed by atoms with van der Waals surface area (Å²) in [7, 11) is 0. The Kier molecular flexibility index (Phi) is 6.13. The Hall–Kier alpha value is -3.03. The van der Waals surface area contributed by atoms with Gasteiger partial charge in [0, 0.05) is 16.5 Å². The van der Waals surface area contributed by atoms with Gasteiger partial charge in [0.15, 0.2) is 0 Å². The van der Waals surface area contributed by atoms with Gasteiger partial charge in [-0.3, -0.25) is 9.80 Å². The summed E-state index contributed by atoms with van der Waals surface area (Å²) in [6.45, 7) is 0. The zero-order chi connectivity index (χ0) is 22.9. The molecular formula is C23H16Cl2F3N3O. The Balaban J connectivity index is 1.65. The zero-order valence-electron chi connectivity index (χ0n) is 16.4. The minimum atomic E-state index is -4.59. The Morgan fingerprint density at radius 2 is 1.53 bits per heavy atom. The maximum atomic E-state index is 13.3. The molecule has 0 bridgehead atoms. The molecule has 1 atom stereocenters. The van der Waals surface area contributed by atoms with Crippen LogP contribution in [0.4, 0.5) is 24.5 Å². The fraction of sp³-hybridized carbons (Fsp3) is 0.130. The van der Waals surface area contributed by atoms with Gasteiger partial charge in [-0.25, -0.2) is 0 Å². The van der Waals surface area contributed by atoms with Crippen molar-refractivity contribution >= 4 is 46.2 Å². The van der Waals surface area contributed by atoms with E-state index in [0.717, 1.165) is 11.6 Å². The number of hydrazone groups is 1. The third kappa shape index (κ3) is 4.74. The van der Waals surface area contributed by atoms with Crippen LogP contribution in [0.2, 0.25) is 10.0 Å². The number of carbonyl (C=O) groups is 1. The molecule has 1 unspecified atom stereocenters. The summed E-state index contributed by atoms with van der Waals surface area (Å²) in [4.78, 5) is 12.9. The molecule has 1 aliphatic heterocycles. The monoisotopic (exact) mass is 477 g/mol. The van der Waals surface area contributed by atoms with Crippen LogP contribution in [0.3, 0.4) is 0 Å². The molecule has 0 spiro atoms. The molecule has 1 amide bonds. The second-order valence-corrected chi connectivity index (χ2v) is 8.01. The number of benzene rings is 3. The van der Waals surface area contributed by atoms with Crippen molar-refractivity contribution in [3.05, 3.63) is 94.0 Å². The number of anilines is 2.